The molecule has 1 rings (SSSR count). The van der Waals surface area contributed by atoms with E-state index in [-0.39, 0.29) is 22.5 Å². The smallest absolute Gasteiger partial charge is 0.314 e. The summed E-state index contributed by atoms with van der Waals surface area (Å²) in [5, 5.41) is 3.11. The average molecular weight is 293 g/mol. The molecule has 7 heteroatoms. The topological polar surface area (TPSA) is 81.0 Å². The van der Waals surface area contributed by atoms with Crippen LogP contribution in [0.15, 0.2) is 15.8 Å². The molecule has 0 amide bonds. The Kier molecular flexibility index (Phi) is 6.95. The van der Waals surface area contributed by atoms with Crippen molar-refractivity contribution >= 4 is 17.0 Å². The van der Waals surface area contributed by atoms with Crippen LogP contribution in [-0.2, 0) is 6.54 Å². The third kappa shape index (κ3) is 5.24. The number of nitrogens with one attached hydrogen (secondary N) is 3. The first-order valence-electron chi connectivity index (χ1n) is 4.76. The first-order valence-corrected chi connectivity index (χ1v) is 4.76. The molecule has 0 unspecified atom stereocenters. The van der Waals surface area contributed by atoms with E-state index in [0.29, 0.717) is 12.1 Å². The van der Waals surface area contributed by atoms with Gasteiger partial charge in [-0.2, -0.15) is 0 Å². The minimum atomic E-state index is -0.475. The Labute approximate surface area is 104 Å². The van der Waals surface area contributed by atoms with Gasteiger partial charge in [0.1, 0.15) is 0 Å². The summed E-state index contributed by atoms with van der Waals surface area (Å²) in [4.78, 5) is 28.6. The number of rotatable bonds is 5. The number of likely N-dealkylation sites (N-methyl/N-ethyl adjacent to an activating group) is 1. The molecule has 0 aliphatic heterocycles. The maximum absolute atomic E-state index is 11.2. The van der Waals surface area contributed by atoms with E-state index in [0.717, 1.165) is 13.1 Å². The highest BCUT2D eigenvalue weighted by molar-refractivity contribution is 8.93. The number of hydrogen-bond donors (Lipinski definition) is 3. The van der Waals surface area contributed by atoms with Crippen molar-refractivity contribution in [3.8, 4) is 0 Å². The van der Waals surface area contributed by atoms with Gasteiger partial charge in [0.2, 0.25) is 0 Å². The molecule has 0 saturated carbocycles. The van der Waals surface area contributed by atoms with Crippen molar-refractivity contribution in [2.24, 2.45) is 0 Å². The van der Waals surface area contributed by atoms with Gasteiger partial charge < -0.3 is 15.2 Å². The van der Waals surface area contributed by atoms with Gasteiger partial charge in [-0.25, -0.2) is 4.79 Å². The lowest BCUT2D eigenvalue weighted by Crippen LogP contribution is -2.30. The number of H-pyrrole nitrogens is 2. The van der Waals surface area contributed by atoms with Gasteiger partial charge in [-0.05, 0) is 14.1 Å². The summed E-state index contributed by atoms with van der Waals surface area (Å²) in [6.45, 7) is 2.16. The molecule has 6 nitrogen and oxygen atoms in total. The van der Waals surface area contributed by atoms with Gasteiger partial charge in [-0.1, -0.05) is 0 Å². The molecule has 0 fully saturated rings. The van der Waals surface area contributed by atoms with Gasteiger partial charge in [0, 0.05) is 31.4 Å². The van der Waals surface area contributed by atoms with Crippen LogP contribution < -0.4 is 16.6 Å². The Hall–Kier alpha value is -0.920. The quantitative estimate of drug-likeness (QED) is 0.627. The van der Waals surface area contributed by atoms with Gasteiger partial charge in [-0.3, -0.25) is 9.78 Å². The predicted octanol–water partition coefficient (Wildman–Crippen LogP) is -0.708. The molecule has 1 heterocycles. The molecule has 0 saturated heterocycles. The van der Waals surface area contributed by atoms with Crippen molar-refractivity contribution < 1.29 is 0 Å². The van der Waals surface area contributed by atoms with Gasteiger partial charge in [0.25, 0.3) is 5.56 Å². The van der Waals surface area contributed by atoms with E-state index >= 15 is 0 Å². The maximum atomic E-state index is 11.2. The normalized spacial score (nSPS) is 10.2. The molecule has 0 spiro atoms. The second-order valence-electron chi connectivity index (χ2n) is 3.58. The number of halogens is 1. The summed E-state index contributed by atoms with van der Waals surface area (Å²) in [5.41, 5.74) is -0.276. The second kappa shape index (κ2) is 7.37. The van der Waals surface area contributed by atoms with E-state index in [1.807, 2.05) is 19.0 Å². The highest BCUT2D eigenvalue weighted by Crippen LogP contribution is 1.82. The molecule has 92 valence electrons. The van der Waals surface area contributed by atoms with E-state index in [1.165, 1.54) is 6.20 Å². The van der Waals surface area contributed by atoms with E-state index in [9.17, 15) is 9.59 Å². The van der Waals surface area contributed by atoms with Crippen molar-refractivity contribution in [1.29, 1.82) is 0 Å². The van der Waals surface area contributed by atoms with Crippen LogP contribution in [0.5, 0.6) is 0 Å². The zero-order valence-corrected chi connectivity index (χ0v) is 11.1. The fraction of sp³-hybridized carbons (Fsp3) is 0.556. The molecule has 0 aliphatic rings. The Morgan fingerprint density at radius 2 is 2.06 bits per heavy atom. The third-order valence-electron chi connectivity index (χ3n) is 1.95. The summed E-state index contributed by atoms with van der Waals surface area (Å²) in [7, 11) is 3.96. The monoisotopic (exact) mass is 292 g/mol. The van der Waals surface area contributed by atoms with Crippen LogP contribution in [0.3, 0.4) is 0 Å². The van der Waals surface area contributed by atoms with Crippen LogP contribution in [0.2, 0.25) is 0 Å². The van der Waals surface area contributed by atoms with Crippen molar-refractivity contribution in [1.82, 2.24) is 20.2 Å². The highest BCUT2D eigenvalue weighted by Gasteiger charge is 1.99. The molecular weight excluding hydrogens is 276 g/mol. The summed E-state index contributed by atoms with van der Waals surface area (Å²) < 4.78 is 0. The van der Waals surface area contributed by atoms with Crippen LogP contribution in [0.25, 0.3) is 0 Å². The molecular formula is C9H17BrN4O2. The first-order chi connectivity index (χ1) is 7.09. The molecule has 0 bridgehead atoms. The summed E-state index contributed by atoms with van der Waals surface area (Å²) in [5.74, 6) is 0. The zero-order chi connectivity index (χ0) is 11.3. The molecule has 1 aromatic heterocycles. The Morgan fingerprint density at radius 1 is 1.38 bits per heavy atom. The van der Waals surface area contributed by atoms with Crippen LogP contribution in [0.4, 0.5) is 0 Å². The third-order valence-corrected chi connectivity index (χ3v) is 1.95. The van der Waals surface area contributed by atoms with Gasteiger partial charge in [-0.15, -0.1) is 17.0 Å². The largest absolute Gasteiger partial charge is 0.325 e. The Balaban J connectivity index is 0.00000225. The first kappa shape index (κ1) is 15.1. The minimum absolute atomic E-state index is 0. The van der Waals surface area contributed by atoms with Crippen molar-refractivity contribution in [2.45, 2.75) is 6.54 Å². The van der Waals surface area contributed by atoms with Crippen LogP contribution in [0, 0.1) is 0 Å². The van der Waals surface area contributed by atoms with Crippen LogP contribution in [-0.4, -0.2) is 42.1 Å². The molecule has 0 atom stereocenters. The van der Waals surface area contributed by atoms with Crippen LogP contribution in [0.1, 0.15) is 5.56 Å². The van der Waals surface area contributed by atoms with Gasteiger partial charge in [0.05, 0.1) is 0 Å². The predicted molar refractivity (Wildman–Crippen MR) is 68.3 cm³/mol. The zero-order valence-electron chi connectivity index (χ0n) is 9.37. The van der Waals surface area contributed by atoms with Gasteiger partial charge >= 0.3 is 5.69 Å². The summed E-state index contributed by atoms with van der Waals surface area (Å²) >= 11 is 0. The fourth-order valence-electron chi connectivity index (χ4n) is 1.09. The molecule has 16 heavy (non-hydrogen) atoms. The Morgan fingerprint density at radius 3 is 2.62 bits per heavy atom. The minimum Gasteiger partial charge on any atom is -0.314 e. The number of nitrogens with zero attached hydrogens (tertiary/aromatic N) is 1. The summed E-state index contributed by atoms with van der Waals surface area (Å²) in [6, 6.07) is 0. The lowest BCUT2D eigenvalue weighted by atomic mass is 10.3. The fourth-order valence-corrected chi connectivity index (χ4v) is 1.09. The van der Waals surface area contributed by atoms with Crippen molar-refractivity contribution in [2.75, 3.05) is 27.2 Å². The van der Waals surface area contributed by atoms with Crippen molar-refractivity contribution in [3.05, 3.63) is 32.6 Å². The van der Waals surface area contributed by atoms with E-state index in [1.54, 1.807) is 0 Å². The van der Waals surface area contributed by atoms with E-state index in [4.69, 9.17) is 0 Å². The highest BCUT2D eigenvalue weighted by atomic mass is 79.9. The Bertz CT molecular complexity index is 412. The number of aromatic nitrogens is 2. The standard InChI is InChI=1S/C9H16N4O2.BrH/c1-13(2)4-3-10-5-7-6-11-9(15)12-8(7)14;/h6,10H,3-5H2,1-2H3,(H2,11,12,14,15);1H. The molecule has 3 N–H and O–H groups in total. The molecule has 0 aliphatic carbocycles. The lowest BCUT2D eigenvalue weighted by Gasteiger charge is -2.09. The van der Waals surface area contributed by atoms with Gasteiger partial charge in [0.15, 0.2) is 0 Å². The second-order valence-corrected chi connectivity index (χ2v) is 3.58. The molecule has 0 radical (unpaired) electrons. The number of aromatic amines is 2. The lowest BCUT2D eigenvalue weighted by molar-refractivity contribution is 0.399. The SMILES string of the molecule is Br.CN(C)CCNCc1c[nH]c(=O)[nH]c1=O. The summed E-state index contributed by atoms with van der Waals surface area (Å²) in [6.07, 6.45) is 1.43. The molecule has 0 aromatic carbocycles. The maximum Gasteiger partial charge on any atom is 0.325 e. The number of hydrogen-bond acceptors (Lipinski definition) is 4. The van der Waals surface area contributed by atoms with E-state index < -0.39 is 5.69 Å². The molecule has 1 aromatic rings. The average Bonchev–Trinajstić information content (AvgIpc) is 2.14. The van der Waals surface area contributed by atoms with E-state index in [2.05, 4.69) is 15.3 Å². The van der Waals surface area contributed by atoms with Crippen LogP contribution >= 0.6 is 17.0 Å². The van der Waals surface area contributed by atoms with Crippen molar-refractivity contribution in [3.63, 3.8) is 0 Å².